The third-order valence-corrected chi connectivity index (χ3v) is 13.7. The molecule has 0 aliphatic carbocycles. The van der Waals surface area contributed by atoms with Gasteiger partial charge in [-0.15, -0.1) is 0 Å². The van der Waals surface area contributed by atoms with E-state index in [2.05, 4.69) is 29.8 Å². The molecule has 0 spiro atoms. The minimum atomic E-state index is -2.75. The van der Waals surface area contributed by atoms with Crippen LogP contribution in [-0.2, 0) is 38.5 Å². The maximum Gasteiger partial charge on any atom is 0.328 e. The number of hydrogen-bond acceptors (Lipinski definition) is 9. The number of carbonyl (C=O) groups excluding carboxylic acids is 4. The number of halogens is 2. The van der Waals surface area contributed by atoms with E-state index in [-0.39, 0.29) is 54.9 Å². The van der Waals surface area contributed by atoms with Gasteiger partial charge in [0.2, 0.25) is 17.7 Å². The molecule has 2 aromatic carbocycles. The molecule has 17 heteroatoms. The van der Waals surface area contributed by atoms with E-state index >= 15 is 8.78 Å². The molecule has 2 N–H and O–H groups in total. The van der Waals surface area contributed by atoms with Gasteiger partial charge in [-0.25, -0.2) is 13.6 Å². The Kier molecular flexibility index (Phi) is 11.3. The van der Waals surface area contributed by atoms with E-state index in [1.807, 2.05) is 34.2 Å². The normalized spacial score (nSPS) is 18.7. The van der Waals surface area contributed by atoms with Crippen LogP contribution in [0.25, 0.3) is 22.0 Å². The number of nitrogens with zero attached hydrogens (tertiary/aromatic N) is 8. The average molecular weight is 875 g/mol. The molecular formula is C47H52F2N10O5. The molecule has 0 atom stereocenters. The highest BCUT2D eigenvalue weighted by Gasteiger charge is 2.35. The van der Waals surface area contributed by atoms with Crippen molar-refractivity contribution in [3.63, 3.8) is 0 Å². The summed E-state index contributed by atoms with van der Waals surface area (Å²) in [6.45, 7) is 6.02. The maximum absolute atomic E-state index is 15.5. The number of likely N-dealkylation sites (tertiary alicyclic amines) is 1. The number of piperidine rings is 1. The van der Waals surface area contributed by atoms with Gasteiger partial charge in [0.25, 0.3) is 6.43 Å². The van der Waals surface area contributed by atoms with Gasteiger partial charge in [0, 0.05) is 135 Å². The molecule has 8 heterocycles. The molecule has 10 rings (SSSR count). The Bertz CT molecular complexity index is 2630. The van der Waals surface area contributed by atoms with Crippen LogP contribution in [0.15, 0.2) is 61.1 Å². The molecular weight excluding hydrogens is 823 g/mol. The minimum absolute atomic E-state index is 0.00586. The number of pyridine rings is 1. The molecule has 3 saturated heterocycles. The summed E-state index contributed by atoms with van der Waals surface area (Å²) >= 11 is 0. The fraction of sp³-hybridized carbons (Fsp3) is 0.447. The zero-order valence-corrected chi connectivity index (χ0v) is 35.9. The van der Waals surface area contributed by atoms with Crippen LogP contribution in [0.1, 0.15) is 86.3 Å². The smallest absolute Gasteiger partial charge is 0.328 e. The van der Waals surface area contributed by atoms with Gasteiger partial charge in [-0.3, -0.25) is 34.3 Å². The van der Waals surface area contributed by atoms with Crippen LogP contribution in [0.3, 0.4) is 0 Å². The fourth-order valence-electron chi connectivity index (χ4n) is 10.3. The molecule has 0 unspecified atom stereocenters. The Morgan fingerprint density at radius 2 is 1.73 bits per heavy atom. The first kappa shape index (κ1) is 41.6. The van der Waals surface area contributed by atoms with Crippen molar-refractivity contribution >= 4 is 57.5 Å². The van der Waals surface area contributed by atoms with Crippen molar-refractivity contribution in [2.75, 3.05) is 67.6 Å². The molecule has 15 nitrogen and oxygen atoms in total. The first-order chi connectivity index (χ1) is 31.1. The molecule has 0 saturated carbocycles. The zero-order valence-electron chi connectivity index (χ0n) is 35.9. The van der Waals surface area contributed by atoms with Gasteiger partial charge in [0.15, 0.2) is 5.82 Å². The first-order valence-corrected chi connectivity index (χ1v) is 22.4. The van der Waals surface area contributed by atoms with Gasteiger partial charge in [-0.05, 0) is 86.1 Å². The fourth-order valence-corrected chi connectivity index (χ4v) is 10.3. The number of ether oxygens (including phenoxy) is 1. The summed E-state index contributed by atoms with van der Waals surface area (Å²) in [6.07, 6.45) is 8.25. The Balaban J connectivity index is 0.892. The van der Waals surface area contributed by atoms with Gasteiger partial charge in [0.05, 0.1) is 24.6 Å². The van der Waals surface area contributed by atoms with Crippen molar-refractivity contribution in [2.24, 2.45) is 0 Å². The van der Waals surface area contributed by atoms with Crippen molar-refractivity contribution in [2.45, 2.75) is 83.3 Å². The lowest BCUT2D eigenvalue weighted by Crippen LogP contribution is -2.49. The predicted molar refractivity (Wildman–Crippen MR) is 237 cm³/mol. The summed E-state index contributed by atoms with van der Waals surface area (Å²) in [6, 6.07) is 12.5. The number of alkyl halides is 2. The highest BCUT2D eigenvalue weighted by atomic mass is 19.3. The van der Waals surface area contributed by atoms with Crippen molar-refractivity contribution in [1.82, 2.24) is 34.4 Å². The third kappa shape index (κ3) is 7.83. The molecule has 5 aromatic rings. The second-order valence-corrected chi connectivity index (χ2v) is 17.5. The molecule has 3 aromatic heterocycles. The molecule has 3 fully saturated rings. The Labute approximate surface area is 369 Å². The summed E-state index contributed by atoms with van der Waals surface area (Å²) in [4.78, 5) is 61.8. The predicted octanol–water partition coefficient (Wildman–Crippen LogP) is 6.90. The van der Waals surface area contributed by atoms with Crippen molar-refractivity contribution in [3.8, 4) is 11.1 Å². The molecule has 5 aliphatic rings. The van der Waals surface area contributed by atoms with Gasteiger partial charge in [-0.1, -0.05) is 6.07 Å². The van der Waals surface area contributed by atoms with Crippen LogP contribution in [0.2, 0.25) is 0 Å². The number of benzene rings is 2. The lowest BCUT2D eigenvalue weighted by Gasteiger charge is -2.33. The van der Waals surface area contributed by atoms with Crippen LogP contribution in [0, 0.1) is 0 Å². The van der Waals surface area contributed by atoms with Crippen LogP contribution < -0.4 is 20.4 Å². The molecule has 0 bridgehead atoms. The van der Waals surface area contributed by atoms with E-state index in [4.69, 9.17) is 9.84 Å². The Hall–Kier alpha value is -6.36. The van der Waals surface area contributed by atoms with E-state index in [0.29, 0.717) is 87.7 Å². The first-order valence-electron chi connectivity index (χ1n) is 22.4. The van der Waals surface area contributed by atoms with Gasteiger partial charge in [0.1, 0.15) is 0 Å². The number of amides is 5. The number of urea groups is 1. The molecule has 5 amide bonds. The van der Waals surface area contributed by atoms with Gasteiger partial charge >= 0.3 is 6.03 Å². The highest BCUT2D eigenvalue weighted by molar-refractivity contribution is 6.05. The van der Waals surface area contributed by atoms with Gasteiger partial charge in [-0.2, -0.15) is 5.10 Å². The van der Waals surface area contributed by atoms with E-state index in [0.717, 1.165) is 64.9 Å². The number of nitrogens with one attached hydrogen (secondary N) is 2. The second-order valence-electron chi connectivity index (χ2n) is 17.5. The summed E-state index contributed by atoms with van der Waals surface area (Å²) in [5.74, 6) is 0.403. The van der Waals surface area contributed by atoms with Crippen molar-refractivity contribution in [3.05, 3.63) is 83.4 Å². The van der Waals surface area contributed by atoms with E-state index < -0.39 is 12.5 Å². The monoisotopic (exact) mass is 874 g/mol. The van der Waals surface area contributed by atoms with Crippen molar-refractivity contribution < 1.29 is 32.7 Å². The van der Waals surface area contributed by atoms with Gasteiger partial charge < -0.3 is 29.3 Å². The SMILES string of the molecule is CC(=O)N1CCc2c(c(N3CCCc4cc(-c5cn(C6CCN(C(=O)CNc7cccc(N8CCC(=O)NC8=O)c7)CC6)c6ccncc56)c(C(F)F)cc43)nn2C2CCOCC2)C1. The number of hydrogen-bond donors (Lipinski definition) is 2. The number of imide groups is 1. The third-order valence-electron chi connectivity index (χ3n) is 13.7. The zero-order chi connectivity index (χ0) is 44.1. The van der Waals surface area contributed by atoms with Crippen LogP contribution in [-0.4, -0.2) is 105 Å². The average Bonchev–Trinajstić information content (AvgIpc) is 3.90. The summed E-state index contributed by atoms with van der Waals surface area (Å²) in [7, 11) is 0. The second kappa shape index (κ2) is 17.3. The summed E-state index contributed by atoms with van der Waals surface area (Å²) in [5.41, 5.74) is 7.19. The number of anilines is 4. The number of fused-ring (bicyclic) bond motifs is 3. The number of carbonyl (C=O) groups is 4. The Morgan fingerprint density at radius 3 is 2.52 bits per heavy atom. The van der Waals surface area contributed by atoms with E-state index in [1.54, 1.807) is 43.6 Å². The Morgan fingerprint density at radius 1 is 0.906 bits per heavy atom. The molecule has 334 valence electrons. The van der Waals surface area contributed by atoms with Crippen LogP contribution in [0.5, 0.6) is 0 Å². The molecule has 0 radical (unpaired) electrons. The largest absolute Gasteiger partial charge is 0.381 e. The lowest BCUT2D eigenvalue weighted by atomic mass is 9.91. The summed E-state index contributed by atoms with van der Waals surface area (Å²) in [5, 5.41) is 11.6. The molecule has 5 aliphatic heterocycles. The van der Waals surface area contributed by atoms with E-state index in [9.17, 15) is 19.2 Å². The van der Waals surface area contributed by atoms with E-state index in [1.165, 1.54) is 4.90 Å². The maximum atomic E-state index is 15.5. The lowest BCUT2D eigenvalue weighted by molar-refractivity contribution is -0.131. The molecule has 64 heavy (non-hydrogen) atoms. The summed E-state index contributed by atoms with van der Waals surface area (Å²) < 4.78 is 40.9. The number of aromatic nitrogens is 4. The minimum Gasteiger partial charge on any atom is -0.381 e. The van der Waals surface area contributed by atoms with Crippen LogP contribution in [0.4, 0.5) is 36.5 Å². The number of aryl methyl sites for hydroxylation is 1. The number of rotatable bonds is 9. The topological polar surface area (TPSA) is 150 Å². The van der Waals surface area contributed by atoms with Crippen molar-refractivity contribution in [1.29, 1.82) is 0 Å². The highest BCUT2D eigenvalue weighted by Crippen LogP contribution is 2.46. The quantitative estimate of drug-likeness (QED) is 0.161. The standard InChI is InChI=1S/C47H52F2N10O5/c1-29(60)55-18-10-41-39(27-55)46(53-59(41)33-12-20-64-21-13-33)57-15-3-4-30-22-35(36(45(48)49)24-42(30)57)38-28-58(40-7-14-50-25-37(38)40)32-8-16-54(17-9-32)44(62)26-51-31-5-2-6-34(23-31)56-19-11-43(61)52-47(56)63/h2,5-7,14,22-25,28,32-33,45,51H,3-4,8-13,15-21,26-27H2,1H3,(H,52,61,63). The van der Waals surface area contributed by atoms with Crippen LogP contribution >= 0.6 is 0 Å².